The molecule has 1 atom stereocenters. The first-order valence-electron chi connectivity index (χ1n) is 8.16. The smallest absolute Gasteiger partial charge is 0.167 e. The summed E-state index contributed by atoms with van der Waals surface area (Å²) >= 11 is 7.20. The van der Waals surface area contributed by atoms with Gasteiger partial charge in [0.25, 0.3) is 0 Å². The zero-order chi connectivity index (χ0) is 16.9. The van der Waals surface area contributed by atoms with Crippen LogP contribution in [0.3, 0.4) is 0 Å². The number of hydrogen-bond acceptors (Lipinski definition) is 3. The summed E-state index contributed by atoms with van der Waals surface area (Å²) in [4.78, 5) is 3.50. The van der Waals surface area contributed by atoms with Crippen LogP contribution < -0.4 is 10.6 Å². The Bertz CT molecular complexity index is 649. The first kappa shape index (κ1) is 17.3. The number of benzene rings is 1. The summed E-state index contributed by atoms with van der Waals surface area (Å²) in [6, 6.07) is 11.1. The zero-order valence-electron chi connectivity index (χ0n) is 13.7. The molecule has 3 rings (SSSR count). The van der Waals surface area contributed by atoms with Gasteiger partial charge < -0.3 is 15.5 Å². The minimum Gasteiger partial charge on any atom is -0.360 e. The van der Waals surface area contributed by atoms with Crippen molar-refractivity contribution in [2.45, 2.75) is 24.9 Å². The molecule has 0 unspecified atom stereocenters. The molecule has 1 saturated heterocycles. The van der Waals surface area contributed by atoms with Crippen LogP contribution in [0.25, 0.3) is 0 Å². The second-order valence-corrected chi connectivity index (χ2v) is 7.58. The predicted octanol–water partition coefficient (Wildman–Crippen LogP) is 3.53. The summed E-state index contributed by atoms with van der Waals surface area (Å²) in [7, 11) is 2.15. The fraction of sp³-hybridized carbons (Fsp3) is 0.389. The van der Waals surface area contributed by atoms with Crippen LogP contribution >= 0.6 is 23.6 Å². The lowest BCUT2D eigenvalue weighted by atomic mass is 10.0. The second-order valence-electron chi connectivity index (χ2n) is 6.20. The first-order valence-corrected chi connectivity index (χ1v) is 9.45. The largest absolute Gasteiger partial charge is 0.360 e. The van der Waals surface area contributed by atoms with Crippen molar-refractivity contribution in [1.82, 2.24) is 15.5 Å². The van der Waals surface area contributed by atoms with E-state index in [1.807, 2.05) is 23.6 Å². The quantitative estimate of drug-likeness (QED) is 0.813. The van der Waals surface area contributed by atoms with E-state index in [1.54, 1.807) is 11.3 Å². The number of piperidine rings is 1. The molecule has 128 valence electrons. The van der Waals surface area contributed by atoms with Crippen molar-refractivity contribution in [2.24, 2.45) is 0 Å². The van der Waals surface area contributed by atoms with Gasteiger partial charge in [-0.1, -0.05) is 18.2 Å². The number of thiophene rings is 1. The van der Waals surface area contributed by atoms with E-state index in [0.29, 0.717) is 11.2 Å². The minimum absolute atomic E-state index is 0.0585. The number of hydrogen-bond donors (Lipinski definition) is 2. The van der Waals surface area contributed by atoms with Crippen LogP contribution in [0.2, 0.25) is 0 Å². The Kier molecular flexibility index (Phi) is 5.81. The standard InChI is InChI=1S/C18H22FN3S2/c1-22-10-8-15(9-11-22)20-18(23)21-17(16-3-2-12-24-16)13-4-6-14(19)7-5-13/h2-7,12,15,17H,8-11H2,1H3,(H2,20,21,23)/t17-/m1/s1. The highest BCUT2D eigenvalue weighted by atomic mass is 32.1. The summed E-state index contributed by atoms with van der Waals surface area (Å²) in [5, 5.41) is 9.55. The average Bonchev–Trinajstić information content (AvgIpc) is 3.10. The highest BCUT2D eigenvalue weighted by Crippen LogP contribution is 2.26. The predicted molar refractivity (Wildman–Crippen MR) is 102 cm³/mol. The molecule has 1 aromatic carbocycles. The number of nitrogens with zero attached hydrogens (tertiary/aromatic N) is 1. The van der Waals surface area contributed by atoms with Gasteiger partial charge in [-0.15, -0.1) is 11.3 Å². The molecule has 1 aliphatic rings. The van der Waals surface area contributed by atoms with Gasteiger partial charge in [0, 0.05) is 10.9 Å². The van der Waals surface area contributed by atoms with Gasteiger partial charge in [0.1, 0.15) is 5.82 Å². The molecule has 3 nitrogen and oxygen atoms in total. The van der Waals surface area contributed by atoms with Gasteiger partial charge in [0.05, 0.1) is 6.04 Å². The summed E-state index contributed by atoms with van der Waals surface area (Å²) in [5.41, 5.74) is 1.01. The number of likely N-dealkylation sites (tertiary alicyclic amines) is 1. The maximum atomic E-state index is 13.2. The normalized spacial score (nSPS) is 17.4. The van der Waals surface area contributed by atoms with Gasteiger partial charge in [0.2, 0.25) is 0 Å². The molecule has 0 radical (unpaired) electrons. The molecular weight excluding hydrogens is 341 g/mol. The van der Waals surface area contributed by atoms with E-state index in [1.165, 1.54) is 12.1 Å². The van der Waals surface area contributed by atoms with Crippen molar-refractivity contribution >= 4 is 28.7 Å². The van der Waals surface area contributed by atoms with Gasteiger partial charge in [-0.3, -0.25) is 0 Å². The summed E-state index contributed by atoms with van der Waals surface area (Å²) in [5.74, 6) is -0.226. The maximum absolute atomic E-state index is 13.2. The van der Waals surface area contributed by atoms with E-state index >= 15 is 0 Å². The lowest BCUT2D eigenvalue weighted by molar-refractivity contribution is 0.246. The minimum atomic E-state index is -0.226. The highest BCUT2D eigenvalue weighted by molar-refractivity contribution is 7.80. The molecule has 1 fully saturated rings. The highest BCUT2D eigenvalue weighted by Gasteiger charge is 2.20. The molecule has 2 N–H and O–H groups in total. The molecule has 1 aromatic heterocycles. The Hall–Kier alpha value is -1.50. The number of rotatable bonds is 4. The number of thiocarbonyl (C=S) groups is 1. The second kappa shape index (κ2) is 8.05. The van der Waals surface area contributed by atoms with Crippen molar-refractivity contribution < 1.29 is 4.39 Å². The Labute approximate surface area is 151 Å². The van der Waals surface area contributed by atoms with E-state index in [2.05, 4.69) is 28.6 Å². The van der Waals surface area contributed by atoms with Gasteiger partial charge in [-0.05, 0) is 74.3 Å². The average molecular weight is 364 g/mol. The van der Waals surface area contributed by atoms with Crippen LogP contribution in [0, 0.1) is 5.82 Å². The SMILES string of the molecule is CN1CCC(NC(=S)N[C@H](c2ccc(F)cc2)c2cccs2)CC1. The van der Waals surface area contributed by atoms with Crippen molar-refractivity contribution in [3.8, 4) is 0 Å². The monoisotopic (exact) mass is 363 g/mol. The van der Waals surface area contributed by atoms with E-state index < -0.39 is 0 Å². The molecule has 24 heavy (non-hydrogen) atoms. The molecule has 0 amide bonds. The van der Waals surface area contributed by atoms with E-state index in [4.69, 9.17) is 12.2 Å². The van der Waals surface area contributed by atoms with E-state index in [0.717, 1.165) is 36.4 Å². The fourth-order valence-corrected chi connectivity index (χ4v) is 4.03. The molecule has 0 aliphatic carbocycles. The Morgan fingerprint density at radius 1 is 1.25 bits per heavy atom. The van der Waals surface area contributed by atoms with Crippen LogP contribution in [0.4, 0.5) is 4.39 Å². The molecule has 2 heterocycles. The molecule has 2 aromatic rings. The molecule has 0 saturated carbocycles. The third-order valence-corrected chi connectivity index (χ3v) is 5.53. The van der Waals surface area contributed by atoms with Gasteiger partial charge in [-0.2, -0.15) is 0 Å². The van der Waals surface area contributed by atoms with Crippen molar-refractivity contribution in [1.29, 1.82) is 0 Å². The zero-order valence-corrected chi connectivity index (χ0v) is 15.3. The van der Waals surface area contributed by atoms with Gasteiger partial charge in [0.15, 0.2) is 5.11 Å². The molecule has 0 spiro atoms. The number of nitrogens with one attached hydrogen (secondary N) is 2. The third-order valence-electron chi connectivity index (χ3n) is 4.36. The van der Waals surface area contributed by atoms with Gasteiger partial charge >= 0.3 is 0 Å². The topological polar surface area (TPSA) is 27.3 Å². The molecule has 6 heteroatoms. The van der Waals surface area contributed by atoms with Crippen LogP contribution in [0.1, 0.15) is 29.3 Å². The summed E-state index contributed by atoms with van der Waals surface area (Å²) in [6.45, 7) is 2.18. The van der Waals surface area contributed by atoms with Crippen LogP contribution in [0.15, 0.2) is 41.8 Å². The Morgan fingerprint density at radius 3 is 2.58 bits per heavy atom. The van der Waals surface area contributed by atoms with Crippen molar-refractivity contribution in [2.75, 3.05) is 20.1 Å². The Balaban J connectivity index is 1.68. The summed E-state index contributed by atoms with van der Waals surface area (Å²) < 4.78 is 13.2. The lowest BCUT2D eigenvalue weighted by Crippen LogP contribution is -2.47. The summed E-state index contributed by atoms with van der Waals surface area (Å²) in [6.07, 6.45) is 2.19. The van der Waals surface area contributed by atoms with Crippen molar-refractivity contribution in [3.05, 3.63) is 58.0 Å². The van der Waals surface area contributed by atoms with Crippen LogP contribution in [0.5, 0.6) is 0 Å². The van der Waals surface area contributed by atoms with Gasteiger partial charge in [-0.25, -0.2) is 4.39 Å². The first-order chi connectivity index (χ1) is 11.6. The lowest BCUT2D eigenvalue weighted by Gasteiger charge is -2.31. The van der Waals surface area contributed by atoms with Crippen LogP contribution in [-0.2, 0) is 0 Å². The van der Waals surface area contributed by atoms with Crippen LogP contribution in [-0.4, -0.2) is 36.2 Å². The fourth-order valence-electron chi connectivity index (χ4n) is 2.94. The molecular formula is C18H22FN3S2. The maximum Gasteiger partial charge on any atom is 0.167 e. The molecule has 0 bridgehead atoms. The Morgan fingerprint density at radius 2 is 1.96 bits per heavy atom. The number of halogens is 1. The van der Waals surface area contributed by atoms with E-state index in [-0.39, 0.29) is 11.9 Å². The van der Waals surface area contributed by atoms with E-state index in [9.17, 15) is 4.39 Å². The van der Waals surface area contributed by atoms with Crippen molar-refractivity contribution in [3.63, 3.8) is 0 Å². The third kappa shape index (κ3) is 4.53. The molecule has 1 aliphatic heterocycles.